The largest absolute Gasteiger partial charge is 0.481 e. The van der Waals surface area contributed by atoms with Crippen LogP contribution in [-0.2, 0) is 16.8 Å². The van der Waals surface area contributed by atoms with Crippen LogP contribution in [0.1, 0.15) is 5.56 Å². The zero-order chi connectivity index (χ0) is 15.0. The number of hydrogen-bond donors (Lipinski definition) is 1. The Balaban J connectivity index is 2.20. The first-order valence-electron chi connectivity index (χ1n) is 6.00. The average Bonchev–Trinajstić information content (AvgIpc) is 2.46. The highest BCUT2D eigenvalue weighted by atomic mass is 32.2. The molecule has 0 saturated heterocycles. The van der Waals surface area contributed by atoms with E-state index in [-0.39, 0.29) is 12.3 Å². The van der Waals surface area contributed by atoms with Gasteiger partial charge in [0.1, 0.15) is 5.82 Å². The van der Waals surface area contributed by atoms with E-state index in [4.69, 9.17) is 8.92 Å². The maximum Gasteiger partial charge on any atom is 0.382 e. The van der Waals surface area contributed by atoms with Gasteiger partial charge in [-0.1, -0.05) is 0 Å². The molecule has 0 aliphatic carbocycles. The number of pyridine rings is 1. The van der Waals surface area contributed by atoms with Crippen molar-refractivity contribution < 1.29 is 21.7 Å². The monoisotopic (exact) mass is 310 g/mol. The van der Waals surface area contributed by atoms with Crippen molar-refractivity contribution in [3.05, 3.63) is 41.8 Å². The molecule has 1 aliphatic heterocycles. The maximum atomic E-state index is 13.7. The first kappa shape index (κ1) is 13.8. The number of aromatic nitrogens is 1. The first-order chi connectivity index (χ1) is 9.98. The third-order valence-corrected chi connectivity index (χ3v) is 3.90. The molecule has 0 unspecified atom stereocenters. The van der Waals surface area contributed by atoms with E-state index in [2.05, 4.69) is 9.71 Å². The van der Waals surface area contributed by atoms with Crippen LogP contribution in [-0.4, -0.2) is 20.5 Å². The van der Waals surface area contributed by atoms with Gasteiger partial charge >= 0.3 is 10.3 Å². The molecule has 0 radical (unpaired) electrons. The minimum atomic E-state index is -3.87. The Morgan fingerprint density at radius 2 is 2.19 bits per heavy atom. The zero-order valence-electron chi connectivity index (χ0n) is 11.0. The molecule has 1 aromatic carbocycles. The first-order valence-corrected chi connectivity index (χ1v) is 7.41. The van der Waals surface area contributed by atoms with Gasteiger partial charge in [-0.15, -0.1) is 0 Å². The minimum Gasteiger partial charge on any atom is -0.481 e. The second kappa shape index (κ2) is 4.97. The van der Waals surface area contributed by atoms with Gasteiger partial charge in [0.15, 0.2) is 5.75 Å². The Morgan fingerprint density at radius 1 is 1.38 bits per heavy atom. The molecule has 110 valence electrons. The Morgan fingerprint density at radius 3 is 2.95 bits per heavy atom. The summed E-state index contributed by atoms with van der Waals surface area (Å²) in [6.45, 7) is -0.0232. The van der Waals surface area contributed by atoms with Gasteiger partial charge in [-0.3, -0.25) is 0 Å². The molecule has 0 spiro atoms. The molecule has 0 amide bonds. The van der Waals surface area contributed by atoms with Crippen LogP contribution in [0.3, 0.4) is 0 Å². The van der Waals surface area contributed by atoms with Crippen LogP contribution in [0.5, 0.6) is 11.6 Å². The van der Waals surface area contributed by atoms with Crippen molar-refractivity contribution in [3.8, 4) is 22.8 Å². The smallest absolute Gasteiger partial charge is 0.382 e. The van der Waals surface area contributed by atoms with E-state index in [1.54, 1.807) is 12.1 Å². The topological polar surface area (TPSA) is 77.5 Å². The Bertz CT molecular complexity index is 808. The molecule has 8 heteroatoms. The Kier molecular flexibility index (Phi) is 3.26. The van der Waals surface area contributed by atoms with E-state index >= 15 is 0 Å². The second-order valence-electron chi connectivity index (χ2n) is 4.39. The van der Waals surface area contributed by atoms with Crippen LogP contribution in [0.25, 0.3) is 11.1 Å². The van der Waals surface area contributed by atoms with E-state index in [1.165, 1.54) is 25.4 Å². The molecule has 21 heavy (non-hydrogen) atoms. The van der Waals surface area contributed by atoms with E-state index in [0.29, 0.717) is 22.6 Å². The highest BCUT2D eigenvalue weighted by molar-refractivity contribution is 7.85. The summed E-state index contributed by atoms with van der Waals surface area (Å²) in [6, 6.07) is 5.65. The molecular weight excluding hydrogens is 299 g/mol. The molecule has 3 rings (SSSR count). The van der Waals surface area contributed by atoms with Crippen molar-refractivity contribution in [3.63, 3.8) is 0 Å². The van der Waals surface area contributed by atoms with Gasteiger partial charge in [0.25, 0.3) is 0 Å². The van der Waals surface area contributed by atoms with Gasteiger partial charge in [-0.05, 0) is 23.8 Å². The molecule has 1 aliphatic rings. The lowest BCUT2D eigenvalue weighted by Crippen LogP contribution is -2.32. The van der Waals surface area contributed by atoms with Crippen molar-refractivity contribution in [1.29, 1.82) is 0 Å². The standard InChI is InChI=1S/C13H11FN2O4S/c1-19-12-5-8(2-3-15-12)11-6-10(14)4-9-7-16-21(17,18)20-13(9)11/h2-6,16H,7H2,1H3. The lowest BCUT2D eigenvalue weighted by molar-refractivity contribution is 0.398. The summed E-state index contributed by atoms with van der Waals surface area (Å²) in [7, 11) is -2.42. The Labute approximate surface area is 120 Å². The molecule has 1 N–H and O–H groups in total. The lowest BCUT2D eigenvalue weighted by Gasteiger charge is -2.21. The quantitative estimate of drug-likeness (QED) is 0.912. The number of methoxy groups -OCH3 is 1. The van der Waals surface area contributed by atoms with Crippen molar-refractivity contribution in [1.82, 2.24) is 9.71 Å². The number of rotatable bonds is 2. The van der Waals surface area contributed by atoms with Gasteiger partial charge < -0.3 is 8.92 Å². The third kappa shape index (κ3) is 2.67. The third-order valence-electron chi connectivity index (χ3n) is 3.02. The predicted molar refractivity (Wildman–Crippen MR) is 72.6 cm³/mol. The molecule has 0 fully saturated rings. The lowest BCUT2D eigenvalue weighted by atomic mass is 10.0. The van der Waals surface area contributed by atoms with E-state index < -0.39 is 16.1 Å². The number of fused-ring (bicyclic) bond motifs is 1. The Hall–Kier alpha value is -2.19. The van der Waals surface area contributed by atoms with Gasteiger partial charge in [-0.2, -0.15) is 13.1 Å². The number of nitrogens with one attached hydrogen (secondary N) is 1. The van der Waals surface area contributed by atoms with Crippen molar-refractivity contribution in [2.24, 2.45) is 0 Å². The van der Waals surface area contributed by atoms with Gasteiger partial charge in [0, 0.05) is 29.9 Å². The SMILES string of the molecule is COc1cc(-c2cc(F)cc3c2OS(=O)(=O)NC3)ccn1. The molecule has 1 aromatic heterocycles. The molecule has 0 atom stereocenters. The maximum absolute atomic E-state index is 13.7. The second-order valence-corrected chi connectivity index (χ2v) is 5.75. The number of hydrogen-bond acceptors (Lipinski definition) is 5. The van der Waals surface area contributed by atoms with Crippen LogP contribution in [0.15, 0.2) is 30.5 Å². The molecule has 0 bridgehead atoms. The fourth-order valence-corrected chi connectivity index (χ4v) is 2.90. The van der Waals surface area contributed by atoms with E-state index in [1.807, 2.05) is 0 Å². The average molecular weight is 310 g/mol. The van der Waals surface area contributed by atoms with Crippen molar-refractivity contribution in [2.75, 3.05) is 7.11 Å². The van der Waals surface area contributed by atoms with Gasteiger partial charge in [-0.25, -0.2) is 9.37 Å². The van der Waals surface area contributed by atoms with Crippen LogP contribution < -0.4 is 13.6 Å². The number of ether oxygens (including phenoxy) is 1. The number of halogens is 1. The fourth-order valence-electron chi connectivity index (χ4n) is 2.09. The van der Waals surface area contributed by atoms with Crippen LogP contribution >= 0.6 is 0 Å². The van der Waals surface area contributed by atoms with Gasteiger partial charge in [0.05, 0.1) is 7.11 Å². The number of nitrogens with zero attached hydrogens (tertiary/aromatic N) is 1. The van der Waals surface area contributed by atoms with Crippen molar-refractivity contribution in [2.45, 2.75) is 6.54 Å². The summed E-state index contributed by atoms with van der Waals surface area (Å²) in [4.78, 5) is 3.96. The molecule has 2 aromatic rings. The summed E-state index contributed by atoms with van der Waals surface area (Å²) >= 11 is 0. The molecule has 6 nitrogen and oxygen atoms in total. The molecule has 2 heterocycles. The summed E-state index contributed by atoms with van der Waals surface area (Å²) in [5.41, 5.74) is 1.31. The molecule has 0 saturated carbocycles. The van der Waals surface area contributed by atoms with Crippen LogP contribution in [0, 0.1) is 5.82 Å². The van der Waals surface area contributed by atoms with Gasteiger partial charge in [0.2, 0.25) is 5.88 Å². The molecular formula is C13H11FN2O4S. The summed E-state index contributed by atoms with van der Waals surface area (Å²) in [6.07, 6.45) is 1.49. The van der Waals surface area contributed by atoms with E-state index in [0.717, 1.165) is 0 Å². The highest BCUT2D eigenvalue weighted by Gasteiger charge is 2.26. The fraction of sp³-hybridized carbons (Fsp3) is 0.154. The van der Waals surface area contributed by atoms with E-state index in [9.17, 15) is 12.8 Å². The minimum absolute atomic E-state index is 0.0232. The number of benzene rings is 1. The zero-order valence-corrected chi connectivity index (χ0v) is 11.8. The van der Waals surface area contributed by atoms with Crippen LogP contribution in [0.2, 0.25) is 0 Å². The summed E-state index contributed by atoms with van der Waals surface area (Å²) in [5.74, 6) is -0.0325. The normalized spacial score (nSPS) is 15.9. The van der Waals surface area contributed by atoms with Crippen LogP contribution in [0.4, 0.5) is 4.39 Å². The highest BCUT2D eigenvalue weighted by Crippen LogP contribution is 2.37. The summed E-state index contributed by atoms with van der Waals surface area (Å²) in [5, 5.41) is 0. The van der Waals surface area contributed by atoms with Crippen molar-refractivity contribution >= 4 is 10.3 Å². The predicted octanol–water partition coefficient (Wildman–Crippen LogP) is 1.62. The summed E-state index contributed by atoms with van der Waals surface area (Å²) < 4.78 is 49.0.